The number of aryl methyl sites for hydroxylation is 2. The van der Waals surface area contributed by atoms with Crippen LogP contribution in [0.15, 0.2) is 106 Å². The van der Waals surface area contributed by atoms with Crippen molar-refractivity contribution in [2.24, 2.45) is 0 Å². The molecule has 3 aromatic carbocycles. The molecule has 0 atom stereocenters. The SMILES string of the molecule is Cc1ccc2c(c1)oc1c2ccc2c3ccc(-c4ccc(-c5ccc(-c6ccc(-c7ccc(C)s7)s6)s5)s4)cc3oc21. The van der Waals surface area contributed by atoms with Gasteiger partial charge in [-0.3, -0.25) is 0 Å². The van der Waals surface area contributed by atoms with Gasteiger partial charge in [-0.2, -0.15) is 0 Å². The van der Waals surface area contributed by atoms with Crippen LogP contribution in [0, 0.1) is 13.8 Å². The lowest BCUT2D eigenvalue weighted by Crippen LogP contribution is -1.72. The molecule has 0 aliphatic rings. The zero-order valence-corrected chi connectivity index (χ0v) is 26.0. The summed E-state index contributed by atoms with van der Waals surface area (Å²) in [6.45, 7) is 4.25. The van der Waals surface area contributed by atoms with E-state index in [0.717, 1.165) is 43.9 Å². The standard InChI is InChI=1S/C36H22O2S4/c1-19-3-6-22-24-8-9-25-23-7-5-21(18-27(23)38-36(25)35(24)37-26(22)17-19)28-11-12-31(40-28)32-15-16-34(42-32)33-14-13-30(41-33)29-10-4-20(2)39-29/h3-18H,1-2H3. The molecule has 0 N–H and O–H groups in total. The van der Waals surface area contributed by atoms with Crippen LogP contribution in [0.2, 0.25) is 0 Å². The van der Waals surface area contributed by atoms with E-state index in [0.29, 0.717) is 0 Å². The van der Waals surface area contributed by atoms with Crippen molar-refractivity contribution < 1.29 is 8.83 Å². The van der Waals surface area contributed by atoms with Crippen LogP contribution < -0.4 is 0 Å². The minimum absolute atomic E-state index is 0.817. The van der Waals surface area contributed by atoms with Crippen molar-refractivity contribution in [2.75, 3.05) is 0 Å². The molecular weight excluding hydrogens is 593 g/mol. The summed E-state index contributed by atoms with van der Waals surface area (Å²) in [5, 5.41) is 4.41. The van der Waals surface area contributed by atoms with Crippen LogP contribution in [-0.2, 0) is 0 Å². The average Bonchev–Trinajstić information content (AvgIpc) is 3.83. The van der Waals surface area contributed by atoms with Gasteiger partial charge >= 0.3 is 0 Å². The number of benzene rings is 3. The average molecular weight is 615 g/mol. The van der Waals surface area contributed by atoms with Gasteiger partial charge in [0.25, 0.3) is 0 Å². The highest BCUT2D eigenvalue weighted by Crippen LogP contribution is 2.45. The van der Waals surface area contributed by atoms with Gasteiger partial charge in [0.05, 0.1) is 0 Å². The molecule has 0 aliphatic carbocycles. The van der Waals surface area contributed by atoms with Gasteiger partial charge in [-0.1, -0.05) is 18.2 Å². The van der Waals surface area contributed by atoms with Gasteiger partial charge in [-0.15, -0.1) is 45.3 Å². The van der Waals surface area contributed by atoms with Crippen LogP contribution in [0.1, 0.15) is 10.4 Å². The number of hydrogen-bond donors (Lipinski definition) is 0. The summed E-state index contributed by atoms with van der Waals surface area (Å²) in [6, 6.07) is 35.2. The quantitative estimate of drug-likeness (QED) is 0.197. The Hall–Kier alpha value is -3.94. The Morgan fingerprint density at radius 3 is 1.43 bits per heavy atom. The fourth-order valence-electron chi connectivity index (χ4n) is 5.73. The molecule has 202 valence electrons. The number of rotatable bonds is 4. The van der Waals surface area contributed by atoms with Crippen molar-refractivity contribution in [1.29, 1.82) is 0 Å². The van der Waals surface area contributed by atoms with E-state index in [2.05, 4.69) is 111 Å². The van der Waals surface area contributed by atoms with E-state index in [1.54, 1.807) is 0 Å². The number of thiophene rings is 4. The summed E-state index contributed by atoms with van der Waals surface area (Å²) in [4.78, 5) is 10.5. The summed E-state index contributed by atoms with van der Waals surface area (Å²) in [6.07, 6.45) is 0. The van der Waals surface area contributed by atoms with Crippen molar-refractivity contribution in [2.45, 2.75) is 13.8 Å². The maximum absolute atomic E-state index is 6.48. The Bertz CT molecular complexity index is 2450. The summed E-state index contributed by atoms with van der Waals surface area (Å²) < 4.78 is 12.8. The summed E-state index contributed by atoms with van der Waals surface area (Å²) >= 11 is 7.43. The topological polar surface area (TPSA) is 26.3 Å². The monoisotopic (exact) mass is 614 g/mol. The minimum atomic E-state index is 0.817. The molecule has 0 radical (unpaired) electrons. The first-order chi connectivity index (χ1) is 20.6. The number of fused-ring (bicyclic) bond motifs is 7. The molecule has 0 amide bonds. The van der Waals surface area contributed by atoms with Gasteiger partial charge in [0, 0.05) is 60.6 Å². The van der Waals surface area contributed by atoms with Crippen LogP contribution in [0.25, 0.3) is 83.6 Å². The minimum Gasteiger partial charge on any atom is -0.452 e. The highest BCUT2D eigenvalue weighted by atomic mass is 32.1. The molecule has 42 heavy (non-hydrogen) atoms. The maximum atomic E-state index is 6.48. The zero-order valence-electron chi connectivity index (χ0n) is 22.7. The third kappa shape index (κ3) is 3.87. The van der Waals surface area contributed by atoms with Gasteiger partial charge in [0.15, 0.2) is 11.2 Å². The second kappa shape index (κ2) is 9.28. The lowest BCUT2D eigenvalue weighted by atomic mass is 10.1. The van der Waals surface area contributed by atoms with E-state index in [1.807, 2.05) is 45.3 Å². The van der Waals surface area contributed by atoms with Crippen LogP contribution in [-0.4, -0.2) is 0 Å². The van der Waals surface area contributed by atoms with E-state index in [4.69, 9.17) is 8.83 Å². The van der Waals surface area contributed by atoms with Crippen molar-refractivity contribution >= 4 is 89.2 Å². The lowest BCUT2D eigenvalue weighted by Gasteiger charge is -1.97. The molecule has 2 nitrogen and oxygen atoms in total. The molecule has 9 aromatic rings. The second-order valence-electron chi connectivity index (χ2n) is 10.6. The molecular formula is C36H22O2S4. The Morgan fingerprint density at radius 1 is 0.405 bits per heavy atom. The van der Waals surface area contributed by atoms with Gasteiger partial charge in [0.1, 0.15) is 11.2 Å². The normalized spacial score (nSPS) is 12.0. The van der Waals surface area contributed by atoms with E-state index in [-0.39, 0.29) is 0 Å². The molecule has 6 heteroatoms. The van der Waals surface area contributed by atoms with E-state index >= 15 is 0 Å². The predicted octanol–water partition coefficient (Wildman–Crippen LogP) is 13.0. The third-order valence-corrected chi connectivity index (χ3v) is 12.7. The Kier molecular flexibility index (Phi) is 5.44. The van der Waals surface area contributed by atoms with Crippen molar-refractivity contribution in [1.82, 2.24) is 0 Å². The van der Waals surface area contributed by atoms with E-state index in [9.17, 15) is 0 Å². The fourth-order valence-corrected chi connectivity index (χ4v) is 9.88. The van der Waals surface area contributed by atoms with Crippen molar-refractivity contribution in [3.63, 3.8) is 0 Å². The van der Waals surface area contributed by atoms with Gasteiger partial charge in [0.2, 0.25) is 0 Å². The number of furan rings is 2. The van der Waals surface area contributed by atoms with Gasteiger partial charge in [-0.25, -0.2) is 0 Å². The Balaban J connectivity index is 1.05. The first kappa shape index (κ1) is 24.6. The van der Waals surface area contributed by atoms with E-state index in [1.165, 1.54) is 50.1 Å². The summed E-state index contributed by atoms with van der Waals surface area (Å²) in [5.41, 5.74) is 5.78. The molecule has 0 fully saturated rings. The molecule has 0 aliphatic heterocycles. The van der Waals surface area contributed by atoms with E-state index < -0.39 is 0 Å². The van der Waals surface area contributed by atoms with Crippen molar-refractivity contribution in [3.05, 3.63) is 108 Å². The smallest absolute Gasteiger partial charge is 0.178 e. The van der Waals surface area contributed by atoms with Crippen LogP contribution >= 0.6 is 45.3 Å². The molecule has 0 saturated carbocycles. The van der Waals surface area contributed by atoms with Crippen LogP contribution in [0.3, 0.4) is 0 Å². The molecule has 0 saturated heterocycles. The molecule has 9 rings (SSSR count). The first-order valence-corrected chi connectivity index (χ1v) is 17.0. The molecule has 0 unspecified atom stereocenters. The van der Waals surface area contributed by atoms with Gasteiger partial charge in [-0.05, 0) is 104 Å². The summed E-state index contributed by atoms with van der Waals surface area (Å²) in [7, 11) is 0. The zero-order chi connectivity index (χ0) is 27.9. The highest BCUT2D eigenvalue weighted by Gasteiger charge is 2.17. The van der Waals surface area contributed by atoms with Gasteiger partial charge < -0.3 is 8.83 Å². The lowest BCUT2D eigenvalue weighted by molar-refractivity contribution is 0.633. The predicted molar refractivity (Wildman–Crippen MR) is 184 cm³/mol. The van der Waals surface area contributed by atoms with Crippen LogP contribution in [0.4, 0.5) is 0 Å². The largest absolute Gasteiger partial charge is 0.452 e. The fraction of sp³-hybridized carbons (Fsp3) is 0.0556. The molecule has 0 bridgehead atoms. The molecule has 6 aromatic heterocycles. The first-order valence-electron chi connectivity index (χ1n) is 13.7. The third-order valence-electron chi connectivity index (χ3n) is 7.81. The Morgan fingerprint density at radius 2 is 0.857 bits per heavy atom. The summed E-state index contributed by atoms with van der Waals surface area (Å²) in [5.74, 6) is 0. The number of hydrogen-bond acceptors (Lipinski definition) is 6. The second-order valence-corrected chi connectivity index (χ2v) is 15.2. The maximum Gasteiger partial charge on any atom is 0.178 e. The highest BCUT2D eigenvalue weighted by molar-refractivity contribution is 7.29. The molecule has 6 heterocycles. The van der Waals surface area contributed by atoms with Crippen molar-refractivity contribution in [3.8, 4) is 39.7 Å². The molecule has 0 spiro atoms. The Labute approximate surface area is 257 Å². The van der Waals surface area contributed by atoms with Crippen LogP contribution in [0.5, 0.6) is 0 Å².